The van der Waals surface area contributed by atoms with Gasteiger partial charge in [-0.25, -0.2) is 9.97 Å². The Morgan fingerprint density at radius 1 is 1.33 bits per heavy atom. The first kappa shape index (κ1) is 12.5. The summed E-state index contributed by atoms with van der Waals surface area (Å²) in [5.41, 5.74) is 6.70. The smallest absolute Gasteiger partial charge is 0.222 e. The van der Waals surface area contributed by atoms with Crippen LogP contribution >= 0.6 is 0 Å². The van der Waals surface area contributed by atoms with Crippen molar-refractivity contribution < 1.29 is 14.3 Å². The number of nitrogen functional groups attached to an aromatic ring is 1. The number of methoxy groups -OCH3 is 1. The monoisotopic (exact) mass is 253 g/mol. The Hall–Kier alpha value is -1.93. The summed E-state index contributed by atoms with van der Waals surface area (Å²) >= 11 is 0. The summed E-state index contributed by atoms with van der Waals surface area (Å²) < 4.78 is 11.4. The average molecular weight is 253 g/mol. The lowest BCUT2D eigenvalue weighted by molar-refractivity contribution is -0.0370. The van der Waals surface area contributed by atoms with E-state index in [1.807, 2.05) is 0 Å². The average Bonchev–Trinajstić information content (AvgIpc) is 2.76. The molecule has 2 heterocycles. The maximum Gasteiger partial charge on any atom is 0.222 e. The first-order chi connectivity index (χ1) is 8.81. The fourth-order valence-electron chi connectivity index (χ4n) is 1.36. The van der Waals surface area contributed by atoms with Crippen LogP contribution in [0.2, 0.25) is 0 Å². The summed E-state index contributed by atoms with van der Waals surface area (Å²) in [5.74, 6) is 0.191. The Labute approximate surface area is 104 Å². The number of ether oxygens (including phenoxy) is 2. The van der Waals surface area contributed by atoms with Gasteiger partial charge in [-0.3, -0.25) is 0 Å². The van der Waals surface area contributed by atoms with Crippen LogP contribution in [0.15, 0.2) is 12.5 Å². The molecule has 0 saturated carbocycles. The molecule has 2 N–H and O–H groups in total. The molecule has 0 aromatic carbocycles. The molecule has 2 aromatic heterocycles. The van der Waals surface area contributed by atoms with E-state index in [1.165, 1.54) is 11.1 Å². The predicted octanol–water partition coefficient (Wildman–Crippen LogP) is -0.152. The molecule has 0 atom stereocenters. The highest BCUT2D eigenvalue weighted by atomic mass is 16.7. The van der Waals surface area contributed by atoms with Gasteiger partial charge in [-0.1, -0.05) is 0 Å². The number of imidazole rings is 1. The molecule has 0 radical (unpaired) electrons. The predicted molar refractivity (Wildman–Crippen MR) is 63.6 cm³/mol. The zero-order chi connectivity index (χ0) is 12.8. The molecule has 0 spiro atoms. The second-order valence-corrected chi connectivity index (χ2v) is 3.51. The molecule has 0 amide bonds. The number of anilines is 1. The summed E-state index contributed by atoms with van der Waals surface area (Å²) in [7, 11) is 1.58. The highest BCUT2D eigenvalue weighted by Gasteiger charge is 2.05. The molecular formula is C10H15N5O3. The van der Waals surface area contributed by atoms with E-state index >= 15 is 0 Å². The van der Waals surface area contributed by atoms with Crippen LogP contribution in [0.3, 0.4) is 0 Å². The zero-order valence-corrected chi connectivity index (χ0v) is 10.1. The Balaban J connectivity index is 1.86. The summed E-state index contributed by atoms with van der Waals surface area (Å²) in [6.45, 7) is 1.34. The third kappa shape index (κ3) is 3.05. The number of nitrogens with two attached hydrogens (primary N) is 1. The zero-order valence-electron chi connectivity index (χ0n) is 10.1. The van der Waals surface area contributed by atoms with E-state index in [0.717, 1.165) is 6.42 Å². The van der Waals surface area contributed by atoms with Crippen LogP contribution in [0, 0.1) is 0 Å². The molecule has 0 saturated heterocycles. The second-order valence-electron chi connectivity index (χ2n) is 3.51. The van der Waals surface area contributed by atoms with Crippen LogP contribution in [0.1, 0.15) is 6.42 Å². The topological polar surface area (TPSA) is 97.3 Å². The number of aromatic nitrogens is 4. The lowest BCUT2D eigenvalue weighted by Gasteiger charge is -2.06. The van der Waals surface area contributed by atoms with Gasteiger partial charge in [0.25, 0.3) is 0 Å². The van der Waals surface area contributed by atoms with E-state index in [-0.39, 0.29) is 12.7 Å². The molecule has 8 heteroatoms. The number of hydrogen-bond donors (Lipinski definition) is 1. The molecule has 0 aliphatic heterocycles. The SMILES string of the molecule is COCOCCCOn1cnc2cnc(N)nc21. The Morgan fingerprint density at radius 3 is 3.06 bits per heavy atom. The molecule has 0 fully saturated rings. The molecular weight excluding hydrogens is 238 g/mol. The summed E-state index contributed by atoms with van der Waals surface area (Å²) in [6, 6.07) is 0. The number of fused-ring (bicyclic) bond motifs is 1. The minimum atomic E-state index is 0.191. The van der Waals surface area contributed by atoms with Gasteiger partial charge >= 0.3 is 0 Å². The number of rotatable bonds is 7. The van der Waals surface area contributed by atoms with Crippen molar-refractivity contribution in [1.82, 2.24) is 19.7 Å². The summed E-state index contributed by atoms with van der Waals surface area (Å²) in [5, 5.41) is 0. The highest BCUT2D eigenvalue weighted by Crippen LogP contribution is 2.08. The van der Waals surface area contributed by atoms with Crippen molar-refractivity contribution in [2.75, 3.05) is 32.9 Å². The maximum absolute atomic E-state index is 5.51. The lowest BCUT2D eigenvalue weighted by Crippen LogP contribution is -2.14. The standard InChI is InChI=1S/C10H15N5O3/c1-16-7-17-3-2-4-18-15-6-13-8-5-12-10(11)14-9(8)15/h5-6H,2-4,7H2,1H3,(H2,11,12,14). The quantitative estimate of drug-likeness (QED) is 0.541. The fraction of sp³-hybridized carbons (Fsp3) is 0.500. The Morgan fingerprint density at radius 2 is 2.22 bits per heavy atom. The molecule has 0 bridgehead atoms. The molecule has 0 aliphatic carbocycles. The van der Waals surface area contributed by atoms with Gasteiger partial charge in [0.05, 0.1) is 12.8 Å². The van der Waals surface area contributed by atoms with Crippen LogP contribution in [0.25, 0.3) is 11.2 Å². The van der Waals surface area contributed by atoms with Crippen molar-refractivity contribution in [2.45, 2.75) is 6.42 Å². The van der Waals surface area contributed by atoms with E-state index < -0.39 is 0 Å². The van der Waals surface area contributed by atoms with E-state index in [1.54, 1.807) is 13.3 Å². The van der Waals surface area contributed by atoms with Gasteiger partial charge in [0, 0.05) is 13.5 Å². The first-order valence-corrected chi connectivity index (χ1v) is 5.47. The molecule has 18 heavy (non-hydrogen) atoms. The first-order valence-electron chi connectivity index (χ1n) is 5.47. The van der Waals surface area contributed by atoms with Crippen molar-refractivity contribution in [2.24, 2.45) is 0 Å². The number of nitrogens with zero attached hydrogens (tertiary/aromatic N) is 4. The highest BCUT2D eigenvalue weighted by molar-refractivity contribution is 5.70. The van der Waals surface area contributed by atoms with Crippen LogP contribution < -0.4 is 10.6 Å². The third-order valence-corrected chi connectivity index (χ3v) is 2.14. The molecule has 2 aromatic rings. The van der Waals surface area contributed by atoms with Gasteiger partial charge in [-0.2, -0.15) is 9.71 Å². The van der Waals surface area contributed by atoms with Gasteiger partial charge in [-0.05, 0) is 0 Å². The van der Waals surface area contributed by atoms with Gasteiger partial charge in [0.2, 0.25) is 11.6 Å². The molecule has 98 valence electrons. The van der Waals surface area contributed by atoms with E-state index in [4.69, 9.17) is 20.0 Å². The fourth-order valence-corrected chi connectivity index (χ4v) is 1.36. The van der Waals surface area contributed by atoms with Crippen LogP contribution in [-0.4, -0.2) is 46.8 Å². The van der Waals surface area contributed by atoms with Gasteiger partial charge in [-0.15, -0.1) is 0 Å². The lowest BCUT2D eigenvalue weighted by atomic mass is 10.5. The second kappa shape index (κ2) is 6.12. The van der Waals surface area contributed by atoms with Gasteiger partial charge in [0.1, 0.15) is 25.2 Å². The van der Waals surface area contributed by atoms with Crippen molar-refractivity contribution in [1.29, 1.82) is 0 Å². The Kier molecular flexibility index (Phi) is 4.26. The van der Waals surface area contributed by atoms with Crippen molar-refractivity contribution in [3.63, 3.8) is 0 Å². The van der Waals surface area contributed by atoms with Crippen LogP contribution in [-0.2, 0) is 9.47 Å². The van der Waals surface area contributed by atoms with E-state index in [2.05, 4.69) is 15.0 Å². The van der Waals surface area contributed by atoms with Crippen LogP contribution in [0.4, 0.5) is 5.95 Å². The number of hydrogen-bond acceptors (Lipinski definition) is 7. The molecule has 0 unspecified atom stereocenters. The van der Waals surface area contributed by atoms with Crippen molar-refractivity contribution in [3.8, 4) is 0 Å². The minimum Gasteiger partial charge on any atom is -0.411 e. The van der Waals surface area contributed by atoms with Crippen LogP contribution in [0.5, 0.6) is 0 Å². The van der Waals surface area contributed by atoms with Gasteiger partial charge in [0.15, 0.2) is 0 Å². The normalized spacial score (nSPS) is 10.9. The molecule has 2 rings (SSSR count). The van der Waals surface area contributed by atoms with E-state index in [9.17, 15) is 0 Å². The third-order valence-electron chi connectivity index (χ3n) is 2.14. The Bertz CT molecular complexity index is 501. The largest absolute Gasteiger partial charge is 0.411 e. The maximum atomic E-state index is 5.51. The minimum absolute atomic E-state index is 0.191. The molecule has 8 nitrogen and oxygen atoms in total. The van der Waals surface area contributed by atoms with Crippen molar-refractivity contribution in [3.05, 3.63) is 12.5 Å². The summed E-state index contributed by atoms with van der Waals surface area (Å²) in [6.07, 6.45) is 3.83. The van der Waals surface area contributed by atoms with Gasteiger partial charge < -0.3 is 20.0 Å². The molecule has 0 aliphatic rings. The summed E-state index contributed by atoms with van der Waals surface area (Å²) in [4.78, 5) is 17.5. The van der Waals surface area contributed by atoms with Crippen molar-refractivity contribution >= 4 is 17.1 Å². The van der Waals surface area contributed by atoms with E-state index in [0.29, 0.717) is 24.4 Å².